The number of carbonyl (C=O) groups excluding carboxylic acids is 3. The summed E-state index contributed by atoms with van der Waals surface area (Å²) in [6.45, 7) is 1.93. The molecular formula is C20H21NO4S. The Morgan fingerprint density at radius 2 is 1.85 bits per heavy atom. The summed E-state index contributed by atoms with van der Waals surface area (Å²) in [4.78, 5) is 38.5. The smallest absolute Gasteiger partial charge is 0.307 e. The van der Waals surface area contributed by atoms with Crippen LogP contribution >= 0.6 is 11.3 Å². The van der Waals surface area contributed by atoms with Crippen LogP contribution in [0.3, 0.4) is 0 Å². The molecule has 1 aliphatic carbocycles. The number of esters is 1. The molecule has 0 unspecified atom stereocenters. The van der Waals surface area contributed by atoms with E-state index in [-0.39, 0.29) is 30.6 Å². The second kappa shape index (κ2) is 8.27. The fourth-order valence-corrected chi connectivity index (χ4v) is 3.35. The number of amides is 1. The summed E-state index contributed by atoms with van der Waals surface area (Å²) in [5, 5.41) is 2.87. The molecule has 3 rings (SSSR count). The molecule has 1 heterocycles. The van der Waals surface area contributed by atoms with Crippen LogP contribution in [0.5, 0.6) is 0 Å². The minimum Gasteiger partial charge on any atom is -0.447 e. The Bertz CT molecular complexity index is 795. The third-order valence-electron chi connectivity index (χ3n) is 4.08. The van der Waals surface area contributed by atoms with Gasteiger partial charge in [0.05, 0.1) is 11.3 Å². The molecule has 1 aromatic heterocycles. The largest absolute Gasteiger partial charge is 0.447 e. The number of hydrogen-bond acceptors (Lipinski definition) is 5. The monoisotopic (exact) mass is 371 g/mol. The first-order valence-electron chi connectivity index (χ1n) is 8.67. The average molecular weight is 371 g/mol. The molecule has 5 nitrogen and oxygen atoms in total. The number of thiophene rings is 1. The number of aryl methyl sites for hydroxylation is 1. The zero-order chi connectivity index (χ0) is 18.5. The molecule has 1 N–H and O–H groups in total. The van der Waals surface area contributed by atoms with Crippen molar-refractivity contribution in [2.75, 3.05) is 0 Å². The quantitative estimate of drug-likeness (QED) is 0.569. The van der Waals surface area contributed by atoms with Crippen LogP contribution in [0.25, 0.3) is 0 Å². The SMILES string of the molecule is Cc1ccc(C(=O)CCC(=O)O[C@@H](C(=O)NC2CC2)c2ccccc2)s1. The molecule has 1 aliphatic rings. The number of nitrogens with one attached hydrogen (secondary N) is 1. The first-order chi connectivity index (χ1) is 12.5. The van der Waals surface area contributed by atoms with Crippen LogP contribution in [0.2, 0.25) is 0 Å². The molecule has 1 aromatic carbocycles. The number of ketones is 1. The molecule has 0 saturated heterocycles. The van der Waals surface area contributed by atoms with Crippen molar-refractivity contribution >= 4 is 29.0 Å². The van der Waals surface area contributed by atoms with Gasteiger partial charge in [0.25, 0.3) is 5.91 Å². The van der Waals surface area contributed by atoms with Gasteiger partial charge in [-0.05, 0) is 31.9 Å². The van der Waals surface area contributed by atoms with Crippen LogP contribution in [-0.2, 0) is 14.3 Å². The molecule has 0 aliphatic heterocycles. The predicted molar refractivity (Wildman–Crippen MR) is 99.1 cm³/mol. The molecule has 0 radical (unpaired) electrons. The van der Waals surface area contributed by atoms with E-state index in [0.717, 1.165) is 17.7 Å². The van der Waals surface area contributed by atoms with Gasteiger partial charge >= 0.3 is 5.97 Å². The number of carbonyl (C=O) groups is 3. The number of Topliss-reactive ketones (excluding diaryl/α,β-unsaturated/α-hetero) is 1. The van der Waals surface area contributed by atoms with E-state index in [1.807, 2.05) is 19.1 Å². The van der Waals surface area contributed by atoms with Crippen LogP contribution < -0.4 is 5.32 Å². The summed E-state index contributed by atoms with van der Waals surface area (Å²) < 4.78 is 5.42. The lowest BCUT2D eigenvalue weighted by Crippen LogP contribution is -2.33. The van der Waals surface area contributed by atoms with Crippen LogP contribution in [0.4, 0.5) is 0 Å². The first kappa shape index (κ1) is 18.3. The van der Waals surface area contributed by atoms with Crippen LogP contribution in [0, 0.1) is 6.92 Å². The molecule has 1 fully saturated rings. The van der Waals surface area contributed by atoms with E-state index < -0.39 is 12.1 Å². The summed E-state index contributed by atoms with van der Waals surface area (Å²) >= 11 is 1.41. The van der Waals surface area contributed by atoms with E-state index in [9.17, 15) is 14.4 Å². The van der Waals surface area contributed by atoms with E-state index in [1.54, 1.807) is 30.3 Å². The van der Waals surface area contributed by atoms with Gasteiger partial charge in [-0.15, -0.1) is 11.3 Å². The van der Waals surface area contributed by atoms with Crippen molar-refractivity contribution < 1.29 is 19.1 Å². The minimum absolute atomic E-state index is 0.0458. The Morgan fingerprint density at radius 1 is 1.12 bits per heavy atom. The molecule has 1 amide bonds. The van der Waals surface area contributed by atoms with Crippen LogP contribution in [0.1, 0.15) is 51.9 Å². The zero-order valence-corrected chi connectivity index (χ0v) is 15.4. The van der Waals surface area contributed by atoms with Gasteiger partial charge in [-0.25, -0.2) is 0 Å². The second-order valence-electron chi connectivity index (χ2n) is 6.40. The molecule has 2 aromatic rings. The van der Waals surface area contributed by atoms with Gasteiger partial charge in [0.2, 0.25) is 6.10 Å². The van der Waals surface area contributed by atoms with E-state index in [4.69, 9.17) is 4.74 Å². The maximum Gasteiger partial charge on any atom is 0.307 e. The van der Waals surface area contributed by atoms with Crippen LogP contribution in [0.15, 0.2) is 42.5 Å². The Kier molecular flexibility index (Phi) is 5.83. The summed E-state index contributed by atoms with van der Waals surface area (Å²) in [7, 11) is 0. The summed E-state index contributed by atoms with van der Waals surface area (Å²) in [6, 6.07) is 12.8. The Labute approximate surface area is 156 Å². The summed E-state index contributed by atoms with van der Waals surface area (Å²) in [5.74, 6) is -0.947. The maximum atomic E-state index is 12.4. The molecule has 0 bridgehead atoms. The average Bonchev–Trinajstić information content (AvgIpc) is 3.35. The molecule has 6 heteroatoms. The molecule has 136 valence electrons. The molecule has 0 spiro atoms. The fraction of sp³-hybridized carbons (Fsp3) is 0.350. The molecule has 1 saturated carbocycles. The number of benzene rings is 1. The van der Waals surface area contributed by atoms with Crippen molar-refractivity contribution in [3.63, 3.8) is 0 Å². The summed E-state index contributed by atoms with van der Waals surface area (Å²) in [5.41, 5.74) is 0.624. The van der Waals surface area contributed by atoms with E-state index in [0.29, 0.717) is 10.4 Å². The van der Waals surface area contributed by atoms with Gasteiger partial charge in [-0.1, -0.05) is 30.3 Å². The Morgan fingerprint density at radius 3 is 2.46 bits per heavy atom. The molecule has 1 atom stereocenters. The van der Waals surface area contributed by atoms with Gasteiger partial charge in [0, 0.05) is 22.9 Å². The maximum absolute atomic E-state index is 12.4. The van der Waals surface area contributed by atoms with Gasteiger partial charge in [-0.3, -0.25) is 14.4 Å². The minimum atomic E-state index is -0.983. The lowest BCUT2D eigenvalue weighted by molar-refractivity contribution is -0.156. The lowest BCUT2D eigenvalue weighted by atomic mass is 10.1. The van der Waals surface area contributed by atoms with Crippen molar-refractivity contribution in [2.45, 2.75) is 44.8 Å². The third kappa shape index (κ3) is 5.02. The highest BCUT2D eigenvalue weighted by Gasteiger charge is 2.30. The van der Waals surface area contributed by atoms with E-state index >= 15 is 0 Å². The van der Waals surface area contributed by atoms with Crippen molar-refractivity contribution in [3.05, 3.63) is 57.8 Å². The first-order valence-corrected chi connectivity index (χ1v) is 9.49. The normalized spacial score (nSPS) is 14.5. The highest BCUT2D eigenvalue weighted by Crippen LogP contribution is 2.24. The fourth-order valence-electron chi connectivity index (χ4n) is 2.52. The highest BCUT2D eigenvalue weighted by atomic mass is 32.1. The Hall–Kier alpha value is -2.47. The van der Waals surface area contributed by atoms with E-state index in [1.165, 1.54) is 11.3 Å². The number of ether oxygens (including phenoxy) is 1. The topological polar surface area (TPSA) is 72.5 Å². The third-order valence-corrected chi connectivity index (χ3v) is 5.13. The second-order valence-corrected chi connectivity index (χ2v) is 7.68. The van der Waals surface area contributed by atoms with Crippen molar-refractivity contribution in [1.82, 2.24) is 5.32 Å². The standard InChI is InChI=1S/C20H21NO4S/c1-13-7-11-17(26-13)16(22)10-12-18(23)25-19(14-5-3-2-4-6-14)20(24)21-15-8-9-15/h2-7,11,15,19H,8-10,12H2,1H3,(H,21,24)/t19-/m1/s1. The highest BCUT2D eigenvalue weighted by molar-refractivity contribution is 7.14. The predicted octanol–water partition coefficient (Wildman–Crippen LogP) is 3.58. The lowest BCUT2D eigenvalue weighted by Gasteiger charge is -2.18. The summed E-state index contributed by atoms with van der Waals surface area (Å²) in [6.07, 6.45) is 0.954. The van der Waals surface area contributed by atoms with Gasteiger partial charge in [-0.2, -0.15) is 0 Å². The zero-order valence-electron chi connectivity index (χ0n) is 14.6. The molecule has 26 heavy (non-hydrogen) atoms. The Balaban J connectivity index is 1.59. The van der Waals surface area contributed by atoms with Crippen molar-refractivity contribution in [2.24, 2.45) is 0 Å². The van der Waals surface area contributed by atoms with Crippen LogP contribution in [-0.4, -0.2) is 23.7 Å². The van der Waals surface area contributed by atoms with Crippen molar-refractivity contribution in [3.8, 4) is 0 Å². The van der Waals surface area contributed by atoms with E-state index in [2.05, 4.69) is 5.32 Å². The van der Waals surface area contributed by atoms with Crippen molar-refractivity contribution in [1.29, 1.82) is 0 Å². The van der Waals surface area contributed by atoms with Gasteiger partial charge in [0.15, 0.2) is 5.78 Å². The molecular weight excluding hydrogens is 350 g/mol. The number of rotatable bonds is 8. The van der Waals surface area contributed by atoms with Gasteiger partial charge in [0.1, 0.15) is 0 Å². The van der Waals surface area contributed by atoms with Gasteiger partial charge < -0.3 is 10.1 Å². The number of hydrogen-bond donors (Lipinski definition) is 1.